The Kier molecular flexibility index (Phi) is 2.11. The number of carbonyl (C=O) groups is 1. The van der Waals surface area contributed by atoms with E-state index in [9.17, 15) is 4.79 Å². The Bertz CT molecular complexity index is 262. The summed E-state index contributed by atoms with van der Waals surface area (Å²) in [7, 11) is 2.06. The van der Waals surface area contributed by atoms with Gasteiger partial charge in [-0.3, -0.25) is 9.69 Å². The van der Waals surface area contributed by atoms with Crippen molar-refractivity contribution in [3.8, 4) is 0 Å². The smallest absolute Gasteiger partial charge is 0.237 e. The highest BCUT2D eigenvalue weighted by Crippen LogP contribution is 2.64. The average molecular weight is 196 g/mol. The zero-order chi connectivity index (χ0) is 10.5. The van der Waals surface area contributed by atoms with Crippen molar-refractivity contribution < 1.29 is 4.79 Å². The lowest BCUT2D eigenvalue weighted by Gasteiger charge is -2.25. The summed E-state index contributed by atoms with van der Waals surface area (Å²) in [5.74, 6) is 1.53. The van der Waals surface area contributed by atoms with Crippen LogP contribution in [0.15, 0.2) is 0 Å². The molecule has 2 aliphatic rings. The van der Waals surface area contributed by atoms with E-state index < -0.39 is 0 Å². The van der Waals surface area contributed by atoms with Crippen LogP contribution in [0.25, 0.3) is 0 Å². The fraction of sp³-hybridized carbons (Fsp3) is 0.909. The van der Waals surface area contributed by atoms with Crippen LogP contribution in [-0.4, -0.2) is 37.0 Å². The molecule has 3 atom stereocenters. The largest absolute Gasteiger partial charge is 0.355 e. The highest BCUT2D eigenvalue weighted by atomic mass is 16.2. The normalized spacial score (nSPS) is 39.3. The van der Waals surface area contributed by atoms with Crippen molar-refractivity contribution in [2.24, 2.45) is 17.3 Å². The van der Waals surface area contributed by atoms with E-state index in [1.165, 1.54) is 0 Å². The van der Waals surface area contributed by atoms with Crippen molar-refractivity contribution in [2.45, 2.75) is 26.8 Å². The first-order chi connectivity index (χ1) is 6.50. The molecule has 0 aromatic rings. The Balaban J connectivity index is 2.08. The van der Waals surface area contributed by atoms with Crippen LogP contribution < -0.4 is 5.32 Å². The first kappa shape index (κ1) is 9.97. The Hall–Kier alpha value is -0.570. The minimum absolute atomic E-state index is 0.120. The quantitative estimate of drug-likeness (QED) is 0.705. The topological polar surface area (TPSA) is 32.3 Å². The monoisotopic (exact) mass is 196 g/mol. The molecule has 14 heavy (non-hydrogen) atoms. The number of amides is 1. The molecule has 1 aliphatic carbocycles. The molecular weight excluding hydrogens is 176 g/mol. The standard InChI is InChI=1S/C11H20N2O/c1-5-12-10(14)9-8-7(6-13(9)4)11(8,2)3/h7-9H,5-6H2,1-4H3,(H,12,14)/t7-,8-,9?/m0/s1. The molecule has 1 heterocycles. The summed E-state index contributed by atoms with van der Waals surface area (Å²) < 4.78 is 0. The van der Waals surface area contributed by atoms with Crippen LogP contribution >= 0.6 is 0 Å². The lowest BCUT2D eigenvalue weighted by molar-refractivity contribution is -0.126. The van der Waals surface area contributed by atoms with Crippen molar-refractivity contribution in [3.05, 3.63) is 0 Å². The molecule has 0 aromatic heterocycles. The lowest BCUT2D eigenvalue weighted by atomic mass is 10.0. The summed E-state index contributed by atoms with van der Waals surface area (Å²) in [6, 6.07) is 0.120. The molecule has 1 unspecified atom stereocenters. The Morgan fingerprint density at radius 2 is 2.21 bits per heavy atom. The maximum Gasteiger partial charge on any atom is 0.237 e. The molecule has 1 N–H and O–H groups in total. The molecule has 2 rings (SSSR count). The van der Waals surface area contributed by atoms with Gasteiger partial charge in [-0.25, -0.2) is 0 Å². The second-order valence-electron chi connectivity index (χ2n) is 5.23. The minimum Gasteiger partial charge on any atom is -0.355 e. The zero-order valence-electron chi connectivity index (χ0n) is 9.50. The number of hydrogen-bond donors (Lipinski definition) is 1. The van der Waals surface area contributed by atoms with E-state index in [1.54, 1.807) is 0 Å². The summed E-state index contributed by atoms with van der Waals surface area (Å²) >= 11 is 0. The van der Waals surface area contributed by atoms with Crippen LogP contribution in [0.2, 0.25) is 0 Å². The summed E-state index contributed by atoms with van der Waals surface area (Å²) in [5.41, 5.74) is 0.391. The molecule has 1 aliphatic heterocycles. The van der Waals surface area contributed by atoms with Crippen molar-refractivity contribution in [3.63, 3.8) is 0 Å². The molecule has 3 nitrogen and oxygen atoms in total. The molecule has 0 spiro atoms. The van der Waals surface area contributed by atoms with E-state index in [4.69, 9.17) is 0 Å². The molecule has 0 bridgehead atoms. The van der Waals surface area contributed by atoms with Crippen LogP contribution in [0.1, 0.15) is 20.8 Å². The number of hydrogen-bond acceptors (Lipinski definition) is 2. The summed E-state index contributed by atoms with van der Waals surface area (Å²) in [4.78, 5) is 14.0. The van der Waals surface area contributed by atoms with Gasteiger partial charge in [-0.05, 0) is 31.2 Å². The number of nitrogens with one attached hydrogen (secondary N) is 1. The van der Waals surface area contributed by atoms with Crippen molar-refractivity contribution in [1.82, 2.24) is 10.2 Å². The van der Waals surface area contributed by atoms with Gasteiger partial charge in [-0.15, -0.1) is 0 Å². The Labute approximate surface area is 85.8 Å². The number of likely N-dealkylation sites (tertiary alicyclic amines) is 1. The van der Waals surface area contributed by atoms with E-state index in [-0.39, 0.29) is 11.9 Å². The fourth-order valence-electron chi connectivity index (χ4n) is 3.10. The van der Waals surface area contributed by atoms with Gasteiger partial charge in [-0.1, -0.05) is 13.8 Å². The fourth-order valence-corrected chi connectivity index (χ4v) is 3.10. The number of carbonyl (C=O) groups excluding carboxylic acids is 1. The van der Waals surface area contributed by atoms with E-state index in [2.05, 4.69) is 31.1 Å². The first-order valence-corrected chi connectivity index (χ1v) is 5.48. The second kappa shape index (κ2) is 2.96. The van der Waals surface area contributed by atoms with E-state index >= 15 is 0 Å². The van der Waals surface area contributed by atoms with E-state index in [0.29, 0.717) is 11.3 Å². The number of nitrogens with zero attached hydrogens (tertiary/aromatic N) is 1. The molecule has 2 fully saturated rings. The van der Waals surface area contributed by atoms with Crippen molar-refractivity contribution in [1.29, 1.82) is 0 Å². The molecular formula is C11H20N2O. The summed E-state index contributed by atoms with van der Waals surface area (Å²) in [5, 5.41) is 2.93. The van der Waals surface area contributed by atoms with Gasteiger partial charge in [0.05, 0.1) is 6.04 Å². The molecule has 0 aromatic carbocycles. The summed E-state index contributed by atoms with van der Waals surface area (Å²) in [6.07, 6.45) is 0. The van der Waals surface area contributed by atoms with Gasteiger partial charge in [0.2, 0.25) is 5.91 Å². The third-order valence-electron chi connectivity index (χ3n) is 4.06. The van der Waals surface area contributed by atoms with Crippen molar-refractivity contribution in [2.75, 3.05) is 20.1 Å². The molecule has 1 amide bonds. The molecule has 80 valence electrons. The van der Waals surface area contributed by atoms with Gasteiger partial charge in [-0.2, -0.15) is 0 Å². The van der Waals surface area contributed by atoms with Crippen molar-refractivity contribution >= 4 is 5.91 Å². The summed E-state index contributed by atoms with van der Waals surface area (Å²) in [6.45, 7) is 8.35. The van der Waals surface area contributed by atoms with Gasteiger partial charge >= 0.3 is 0 Å². The Morgan fingerprint density at radius 1 is 1.57 bits per heavy atom. The van der Waals surface area contributed by atoms with Gasteiger partial charge in [0.1, 0.15) is 0 Å². The zero-order valence-corrected chi connectivity index (χ0v) is 9.50. The van der Waals surface area contributed by atoms with Crippen LogP contribution in [0, 0.1) is 17.3 Å². The van der Waals surface area contributed by atoms with E-state index in [0.717, 1.165) is 19.0 Å². The maximum absolute atomic E-state index is 11.8. The maximum atomic E-state index is 11.8. The van der Waals surface area contributed by atoms with Crippen LogP contribution in [0.4, 0.5) is 0 Å². The van der Waals surface area contributed by atoms with Gasteiger partial charge in [0, 0.05) is 13.1 Å². The minimum atomic E-state index is 0.120. The Morgan fingerprint density at radius 3 is 2.71 bits per heavy atom. The third kappa shape index (κ3) is 1.18. The average Bonchev–Trinajstić information content (AvgIpc) is 2.48. The predicted octanol–water partition coefficient (Wildman–Crippen LogP) is 0.709. The molecule has 3 heteroatoms. The van der Waals surface area contributed by atoms with Crippen LogP contribution in [0.5, 0.6) is 0 Å². The van der Waals surface area contributed by atoms with Gasteiger partial charge in [0.15, 0.2) is 0 Å². The highest BCUT2D eigenvalue weighted by Gasteiger charge is 2.67. The van der Waals surface area contributed by atoms with Crippen LogP contribution in [0.3, 0.4) is 0 Å². The second-order valence-corrected chi connectivity index (χ2v) is 5.23. The number of likely N-dealkylation sites (N-methyl/N-ethyl adjacent to an activating group) is 2. The van der Waals surface area contributed by atoms with Gasteiger partial charge < -0.3 is 5.32 Å². The van der Waals surface area contributed by atoms with Gasteiger partial charge in [0.25, 0.3) is 0 Å². The SMILES string of the molecule is CCNC(=O)C1[C@@H]2[C@H](CN1C)C2(C)C. The molecule has 1 saturated carbocycles. The number of rotatable bonds is 2. The highest BCUT2D eigenvalue weighted by molar-refractivity contribution is 5.83. The number of fused-ring (bicyclic) bond motifs is 1. The predicted molar refractivity (Wildman–Crippen MR) is 55.9 cm³/mol. The van der Waals surface area contributed by atoms with Crippen LogP contribution in [-0.2, 0) is 4.79 Å². The first-order valence-electron chi connectivity index (χ1n) is 5.48. The number of piperidine rings is 1. The van der Waals surface area contributed by atoms with E-state index in [1.807, 2.05) is 6.92 Å². The third-order valence-corrected chi connectivity index (χ3v) is 4.06. The molecule has 1 saturated heterocycles. The molecule has 0 radical (unpaired) electrons. The lowest BCUT2D eigenvalue weighted by Crippen LogP contribution is -2.45.